The van der Waals surface area contributed by atoms with Crippen LogP contribution in [0.1, 0.15) is 29.2 Å². The smallest absolute Gasteiger partial charge is 0.335 e. The molecule has 37 heavy (non-hydrogen) atoms. The fourth-order valence-corrected chi connectivity index (χ4v) is 4.35. The molecule has 1 aliphatic rings. The molecule has 3 aromatic carbocycles. The molecule has 1 fully saturated rings. The minimum absolute atomic E-state index is 0.203. The van der Waals surface area contributed by atoms with Crippen molar-refractivity contribution in [2.75, 3.05) is 11.5 Å². The molecule has 0 bridgehead atoms. The Labute approximate surface area is 224 Å². The van der Waals surface area contributed by atoms with E-state index in [1.807, 2.05) is 32.0 Å². The lowest BCUT2D eigenvalue weighted by Gasteiger charge is -2.28. The van der Waals surface area contributed by atoms with E-state index in [0.717, 1.165) is 16.0 Å². The second kappa shape index (κ2) is 11.1. The molecule has 190 valence electrons. The lowest BCUT2D eigenvalue weighted by atomic mass is 10.0. The maximum atomic E-state index is 13.3. The molecule has 9 heteroatoms. The van der Waals surface area contributed by atoms with Gasteiger partial charge in [-0.15, -0.1) is 0 Å². The average molecular weight is 539 g/mol. The second-order valence-electron chi connectivity index (χ2n) is 8.43. The third kappa shape index (κ3) is 5.79. The molecular weight excluding hydrogens is 515 g/mol. The maximum Gasteiger partial charge on any atom is 0.335 e. The predicted octanol–water partition coefficient (Wildman–Crippen LogP) is 6.25. The van der Waals surface area contributed by atoms with E-state index in [1.54, 1.807) is 43.3 Å². The molecule has 0 radical (unpaired) electrons. The van der Waals surface area contributed by atoms with E-state index in [2.05, 4.69) is 5.32 Å². The molecule has 0 aliphatic carbocycles. The first-order valence-corrected chi connectivity index (χ1v) is 12.3. The number of rotatable bonds is 7. The Morgan fingerprint density at radius 2 is 1.76 bits per heavy atom. The molecule has 1 aliphatic heterocycles. The van der Waals surface area contributed by atoms with Crippen LogP contribution in [0, 0.1) is 13.8 Å². The zero-order valence-electron chi connectivity index (χ0n) is 20.4. The molecule has 7 nitrogen and oxygen atoms in total. The van der Waals surface area contributed by atoms with Gasteiger partial charge in [-0.3, -0.25) is 14.9 Å². The van der Waals surface area contributed by atoms with Crippen LogP contribution in [0.3, 0.4) is 0 Å². The summed E-state index contributed by atoms with van der Waals surface area (Å²) in [5.41, 5.74) is 3.04. The number of urea groups is 1. The molecule has 0 atom stereocenters. The number of halogens is 2. The van der Waals surface area contributed by atoms with Crippen molar-refractivity contribution in [3.63, 3.8) is 0 Å². The van der Waals surface area contributed by atoms with Crippen molar-refractivity contribution in [3.05, 3.63) is 92.5 Å². The summed E-state index contributed by atoms with van der Waals surface area (Å²) < 4.78 is 11.7. The highest BCUT2D eigenvalue weighted by molar-refractivity contribution is 6.39. The topological polar surface area (TPSA) is 84.9 Å². The molecule has 0 spiro atoms. The fourth-order valence-electron chi connectivity index (χ4n) is 3.86. The Morgan fingerprint density at radius 1 is 0.973 bits per heavy atom. The number of anilines is 1. The van der Waals surface area contributed by atoms with Gasteiger partial charge in [0.2, 0.25) is 0 Å². The second-order valence-corrected chi connectivity index (χ2v) is 9.27. The molecule has 3 aromatic rings. The molecule has 0 aromatic heterocycles. The lowest BCUT2D eigenvalue weighted by Crippen LogP contribution is -2.54. The number of barbiturate groups is 1. The fraction of sp³-hybridized carbons (Fsp3) is 0.179. The van der Waals surface area contributed by atoms with Crippen LogP contribution in [0.4, 0.5) is 10.5 Å². The lowest BCUT2D eigenvalue weighted by molar-refractivity contribution is -0.122. The third-order valence-corrected chi connectivity index (χ3v) is 6.14. The summed E-state index contributed by atoms with van der Waals surface area (Å²) >= 11 is 12.6. The summed E-state index contributed by atoms with van der Waals surface area (Å²) in [5.74, 6) is -0.878. The highest BCUT2D eigenvalue weighted by Gasteiger charge is 2.37. The third-order valence-electron chi connectivity index (χ3n) is 5.62. The van der Waals surface area contributed by atoms with Crippen LogP contribution in [-0.4, -0.2) is 24.5 Å². The first-order valence-electron chi connectivity index (χ1n) is 11.5. The van der Waals surface area contributed by atoms with Gasteiger partial charge in [0, 0.05) is 5.02 Å². The molecular formula is C28H24Cl2N2O5. The van der Waals surface area contributed by atoms with Crippen molar-refractivity contribution in [3.8, 4) is 11.5 Å². The number of ether oxygens (including phenoxy) is 2. The van der Waals surface area contributed by atoms with Gasteiger partial charge in [-0.1, -0.05) is 47.5 Å². The zero-order valence-corrected chi connectivity index (χ0v) is 21.9. The number of nitrogens with one attached hydrogen (secondary N) is 1. The van der Waals surface area contributed by atoms with Crippen LogP contribution >= 0.6 is 23.2 Å². The van der Waals surface area contributed by atoms with E-state index >= 15 is 0 Å². The summed E-state index contributed by atoms with van der Waals surface area (Å²) in [6.07, 6.45) is 1.37. The Kier molecular flexibility index (Phi) is 7.86. The number of nitrogens with zero attached hydrogens (tertiary/aromatic N) is 1. The van der Waals surface area contributed by atoms with Crippen LogP contribution in [0.25, 0.3) is 6.08 Å². The monoisotopic (exact) mass is 538 g/mol. The normalized spacial score (nSPS) is 14.7. The Bertz CT molecular complexity index is 1430. The maximum absolute atomic E-state index is 13.3. The summed E-state index contributed by atoms with van der Waals surface area (Å²) in [7, 11) is 0. The quantitative estimate of drug-likeness (QED) is 0.283. The SMILES string of the molecule is CCOc1cc(/C=C2\C(=O)NC(=O)N(c3cc(C)ccc3C)C2=O)cc(Cl)c1OCc1cccc(Cl)c1. The average Bonchev–Trinajstić information content (AvgIpc) is 2.83. The van der Waals surface area contributed by atoms with E-state index in [4.69, 9.17) is 32.7 Å². The van der Waals surface area contributed by atoms with Crippen molar-refractivity contribution in [1.82, 2.24) is 5.32 Å². The number of aryl methyl sites for hydroxylation is 2. The number of hydrogen-bond donors (Lipinski definition) is 1. The number of amides is 4. The van der Waals surface area contributed by atoms with Crippen molar-refractivity contribution in [2.24, 2.45) is 0 Å². The van der Waals surface area contributed by atoms with Gasteiger partial charge in [-0.05, 0) is 79.4 Å². The Balaban J connectivity index is 1.68. The largest absolute Gasteiger partial charge is 0.490 e. The minimum atomic E-state index is -0.807. The van der Waals surface area contributed by atoms with Crippen LogP contribution in [0.2, 0.25) is 10.0 Å². The number of hydrogen-bond acceptors (Lipinski definition) is 5. The number of benzene rings is 3. The Hall–Kier alpha value is -3.81. The highest BCUT2D eigenvalue weighted by atomic mass is 35.5. The van der Waals surface area contributed by atoms with E-state index in [-0.39, 0.29) is 17.2 Å². The van der Waals surface area contributed by atoms with Crippen LogP contribution in [0.15, 0.2) is 60.2 Å². The standard InChI is InChI=1S/C28H24Cl2N2O5/c1-4-36-24-14-19(13-22(30)25(24)37-15-18-6-5-7-20(29)11-18)12-21-26(33)31-28(35)32(27(21)34)23-10-16(2)8-9-17(23)3/h5-14H,4,15H2,1-3H3,(H,31,33,35)/b21-12+. The van der Waals surface area contributed by atoms with Gasteiger partial charge in [0.15, 0.2) is 11.5 Å². The van der Waals surface area contributed by atoms with E-state index in [0.29, 0.717) is 39.9 Å². The van der Waals surface area contributed by atoms with Gasteiger partial charge in [0.05, 0.1) is 17.3 Å². The summed E-state index contributed by atoms with van der Waals surface area (Å²) in [6, 6.07) is 15.0. The number of carbonyl (C=O) groups excluding carboxylic acids is 3. The van der Waals surface area contributed by atoms with Gasteiger partial charge in [-0.2, -0.15) is 0 Å². The van der Waals surface area contributed by atoms with Gasteiger partial charge >= 0.3 is 6.03 Å². The van der Waals surface area contributed by atoms with Gasteiger partial charge in [0.1, 0.15) is 12.2 Å². The van der Waals surface area contributed by atoms with Crippen LogP contribution < -0.4 is 19.7 Å². The summed E-state index contributed by atoms with van der Waals surface area (Å²) in [4.78, 5) is 39.6. The van der Waals surface area contributed by atoms with E-state index in [9.17, 15) is 14.4 Å². The summed E-state index contributed by atoms with van der Waals surface area (Å²) in [5, 5.41) is 3.06. The highest BCUT2D eigenvalue weighted by Crippen LogP contribution is 2.38. The number of imide groups is 2. The van der Waals surface area contributed by atoms with Crippen molar-refractivity contribution in [1.29, 1.82) is 0 Å². The zero-order chi connectivity index (χ0) is 26.7. The molecule has 4 amide bonds. The van der Waals surface area contributed by atoms with E-state index in [1.165, 1.54) is 6.08 Å². The predicted molar refractivity (Wildman–Crippen MR) is 143 cm³/mol. The van der Waals surface area contributed by atoms with Crippen LogP contribution in [-0.2, 0) is 16.2 Å². The van der Waals surface area contributed by atoms with Gasteiger partial charge < -0.3 is 9.47 Å². The molecule has 1 N–H and O–H groups in total. The van der Waals surface area contributed by atoms with Gasteiger partial charge in [0.25, 0.3) is 11.8 Å². The van der Waals surface area contributed by atoms with Crippen molar-refractivity contribution in [2.45, 2.75) is 27.4 Å². The van der Waals surface area contributed by atoms with Crippen molar-refractivity contribution >= 4 is 52.8 Å². The Morgan fingerprint density at radius 3 is 2.49 bits per heavy atom. The van der Waals surface area contributed by atoms with Gasteiger partial charge in [-0.25, -0.2) is 9.69 Å². The van der Waals surface area contributed by atoms with Crippen molar-refractivity contribution < 1.29 is 23.9 Å². The minimum Gasteiger partial charge on any atom is -0.490 e. The number of carbonyl (C=O) groups is 3. The first kappa shape index (κ1) is 26.3. The van der Waals surface area contributed by atoms with E-state index < -0.39 is 17.8 Å². The molecule has 0 saturated carbocycles. The first-order chi connectivity index (χ1) is 17.7. The molecule has 1 heterocycles. The molecule has 1 saturated heterocycles. The van der Waals surface area contributed by atoms with Crippen LogP contribution in [0.5, 0.6) is 11.5 Å². The molecule has 4 rings (SSSR count). The molecule has 0 unspecified atom stereocenters. The summed E-state index contributed by atoms with van der Waals surface area (Å²) in [6.45, 7) is 5.98.